The molecular formula is C11H24N2Si2. The highest BCUT2D eigenvalue weighted by Crippen LogP contribution is 2.22. The molecule has 0 aliphatic rings. The van der Waals surface area contributed by atoms with Crippen molar-refractivity contribution in [1.29, 1.82) is 0 Å². The standard InChI is InChI=1S/C11H24N2Si2/c14-8-4-2-1-3-5-10(9-15)11-12-6-7-13-11/h6-7,10H,1-5,8-9H2,14-15H3,(H,12,13). The predicted molar refractivity (Wildman–Crippen MR) is 73.9 cm³/mol. The molecule has 0 spiro atoms. The predicted octanol–water partition coefficient (Wildman–Crippen LogP) is 1.01. The van der Waals surface area contributed by atoms with Gasteiger partial charge in [-0.15, -0.1) is 0 Å². The van der Waals surface area contributed by atoms with Crippen LogP contribution in [0.2, 0.25) is 12.1 Å². The van der Waals surface area contributed by atoms with E-state index in [-0.39, 0.29) is 0 Å². The van der Waals surface area contributed by atoms with Crippen molar-refractivity contribution < 1.29 is 0 Å². The molecule has 0 saturated heterocycles. The van der Waals surface area contributed by atoms with Crippen LogP contribution in [0.5, 0.6) is 0 Å². The maximum absolute atomic E-state index is 4.37. The van der Waals surface area contributed by atoms with Gasteiger partial charge in [-0.05, 0) is 6.42 Å². The van der Waals surface area contributed by atoms with Gasteiger partial charge in [0.1, 0.15) is 5.82 Å². The van der Waals surface area contributed by atoms with Gasteiger partial charge in [0.25, 0.3) is 0 Å². The van der Waals surface area contributed by atoms with Gasteiger partial charge < -0.3 is 4.98 Å². The number of nitrogens with one attached hydrogen (secondary N) is 1. The van der Waals surface area contributed by atoms with Crippen molar-refractivity contribution in [3.63, 3.8) is 0 Å². The molecular weight excluding hydrogens is 216 g/mol. The summed E-state index contributed by atoms with van der Waals surface area (Å²) in [4.78, 5) is 7.63. The zero-order valence-electron chi connectivity index (χ0n) is 10.1. The first-order chi connectivity index (χ1) is 7.38. The second-order valence-electron chi connectivity index (χ2n) is 4.28. The molecule has 1 aromatic heterocycles. The summed E-state index contributed by atoms with van der Waals surface area (Å²) in [5, 5.41) is 0. The molecule has 4 heteroatoms. The zero-order valence-corrected chi connectivity index (χ0v) is 14.1. The Morgan fingerprint density at radius 2 is 2.00 bits per heavy atom. The molecule has 86 valence electrons. The van der Waals surface area contributed by atoms with Crippen LogP contribution in [0.3, 0.4) is 0 Å². The van der Waals surface area contributed by atoms with E-state index in [1.54, 1.807) is 0 Å². The molecule has 0 aromatic carbocycles. The molecule has 0 amide bonds. The largest absolute Gasteiger partial charge is 0.348 e. The highest BCUT2D eigenvalue weighted by Gasteiger charge is 2.10. The summed E-state index contributed by atoms with van der Waals surface area (Å²) in [6.07, 6.45) is 10.9. The summed E-state index contributed by atoms with van der Waals surface area (Å²) in [5.41, 5.74) is 0. The Morgan fingerprint density at radius 1 is 1.20 bits per heavy atom. The van der Waals surface area contributed by atoms with Crippen LogP contribution in [0.4, 0.5) is 0 Å². The van der Waals surface area contributed by atoms with Gasteiger partial charge in [-0.3, -0.25) is 0 Å². The van der Waals surface area contributed by atoms with E-state index in [0.29, 0.717) is 5.92 Å². The Balaban J connectivity index is 2.18. The Hall–Kier alpha value is -0.356. The molecule has 0 bridgehead atoms. The fourth-order valence-electron chi connectivity index (χ4n) is 2.03. The maximum Gasteiger partial charge on any atom is 0.108 e. The Labute approximate surface area is 99.1 Å². The van der Waals surface area contributed by atoms with Crippen molar-refractivity contribution in [3.8, 4) is 0 Å². The summed E-state index contributed by atoms with van der Waals surface area (Å²) >= 11 is 0. The SMILES string of the molecule is [SiH3]CCCCCCC(C[SiH3])c1ncc[nH]1. The summed E-state index contributed by atoms with van der Waals surface area (Å²) in [7, 11) is 2.66. The molecule has 0 radical (unpaired) electrons. The van der Waals surface area contributed by atoms with Crippen molar-refractivity contribution in [3.05, 3.63) is 18.2 Å². The second-order valence-corrected chi connectivity index (χ2v) is 6.10. The molecule has 1 rings (SSSR count). The number of imidazole rings is 1. The normalized spacial score (nSPS) is 13.3. The van der Waals surface area contributed by atoms with E-state index >= 15 is 0 Å². The lowest BCUT2D eigenvalue weighted by Gasteiger charge is -2.11. The lowest BCUT2D eigenvalue weighted by atomic mass is 10.0. The van der Waals surface area contributed by atoms with Crippen molar-refractivity contribution in [1.82, 2.24) is 9.97 Å². The van der Waals surface area contributed by atoms with Crippen molar-refractivity contribution >= 4 is 20.5 Å². The van der Waals surface area contributed by atoms with Gasteiger partial charge in [0, 0.05) is 38.8 Å². The molecule has 1 atom stereocenters. The number of hydrogen-bond donors (Lipinski definition) is 1. The number of unbranched alkanes of at least 4 members (excludes halogenated alkanes) is 3. The smallest absolute Gasteiger partial charge is 0.108 e. The fourth-order valence-corrected chi connectivity index (χ4v) is 3.32. The van der Waals surface area contributed by atoms with E-state index in [2.05, 4.69) is 9.97 Å². The highest BCUT2D eigenvalue weighted by atomic mass is 28.1. The van der Waals surface area contributed by atoms with Crippen molar-refractivity contribution in [2.24, 2.45) is 0 Å². The van der Waals surface area contributed by atoms with Crippen LogP contribution in [0.1, 0.15) is 43.8 Å². The van der Waals surface area contributed by atoms with Crippen molar-refractivity contribution in [2.75, 3.05) is 0 Å². The first-order valence-corrected chi connectivity index (χ1v) is 9.20. The Kier molecular flexibility index (Phi) is 6.67. The van der Waals surface area contributed by atoms with Crippen LogP contribution in [0.25, 0.3) is 0 Å². The van der Waals surface area contributed by atoms with Gasteiger partial charge in [-0.1, -0.05) is 37.8 Å². The molecule has 1 N–H and O–H groups in total. The van der Waals surface area contributed by atoms with Crippen LogP contribution in [0, 0.1) is 0 Å². The van der Waals surface area contributed by atoms with E-state index in [0.717, 1.165) is 0 Å². The van der Waals surface area contributed by atoms with E-state index < -0.39 is 0 Å². The average Bonchev–Trinajstić information content (AvgIpc) is 2.77. The van der Waals surface area contributed by atoms with Gasteiger partial charge in [-0.25, -0.2) is 4.98 Å². The quantitative estimate of drug-likeness (QED) is 0.533. The molecule has 0 aliphatic heterocycles. The summed E-state index contributed by atoms with van der Waals surface area (Å²) in [6, 6.07) is 2.82. The lowest BCUT2D eigenvalue weighted by molar-refractivity contribution is 0.565. The van der Waals surface area contributed by atoms with Crippen molar-refractivity contribution in [2.45, 2.75) is 50.1 Å². The van der Waals surface area contributed by atoms with Gasteiger partial charge in [0.15, 0.2) is 0 Å². The monoisotopic (exact) mass is 240 g/mol. The number of H-pyrrole nitrogens is 1. The fraction of sp³-hybridized carbons (Fsp3) is 0.727. The van der Waals surface area contributed by atoms with Crippen LogP contribution >= 0.6 is 0 Å². The number of aromatic amines is 1. The van der Waals surface area contributed by atoms with E-state index in [1.165, 1.54) is 70.5 Å². The van der Waals surface area contributed by atoms with Gasteiger partial charge in [0.2, 0.25) is 0 Å². The van der Waals surface area contributed by atoms with Crippen LogP contribution in [0.15, 0.2) is 12.4 Å². The average molecular weight is 240 g/mol. The number of rotatable bonds is 8. The maximum atomic E-state index is 4.37. The molecule has 2 nitrogen and oxygen atoms in total. The van der Waals surface area contributed by atoms with Crippen LogP contribution in [-0.2, 0) is 0 Å². The third kappa shape index (κ3) is 4.79. The molecule has 0 fully saturated rings. The number of hydrogen-bond acceptors (Lipinski definition) is 1. The minimum atomic E-state index is 0.711. The minimum absolute atomic E-state index is 0.711. The first-order valence-electron chi connectivity index (χ1n) is 6.37. The zero-order chi connectivity index (χ0) is 10.9. The first kappa shape index (κ1) is 12.7. The molecule has 15 heavy (non-hydrogen) atoms. The highest BCUT2D eigenvalue weighted by molar-refractivity contribution is 6.09. The summed E-state index contributed by atoms with van der Waals surface area (Å²) in [5.74, 6) is 1.93. The van der Waals surface area contributed by atoms with E-state index in [1.807, 2.05) is 12.4 Å². The molecule has 1 aromatic rings. The molecule has 0 saturated carbocycles. The van der Waals surface area contributed by atoms with E-state index in [4.69, 9.17) is 0 Å². The summed E-state index contributed by atoms with van der Waals surface area (Å²) < 4.78 is 0. The topological polar surface area (TPSA) is 28.7 Å². The lowest BCUT2D eigenvalue weighted by Crippen LogP contribution is -2.00. The van der Waals surface area contributed by atoms with Gasteiger partial charge in [0.05, 0.1) is 0 Å². The minimum Gasteiger partial charge on any atom is -0.348 e. The van der Waals surface area contributed by atoms with Gasteiger partial charge in [-0.2, -0.15) is 0 Å². The third-order valence-electron chi connectivity index (χ3n) is 3.06. The Morgan fingerprint density at radius 3 is 2.60 bits per heavy atom. The van der Waals surface area contributed by atoms with Gasteiger partial charge >= 0.3 is 0 Å². The second kappa shape index (κ2) is 7.87. The molecule has 1 heterocycles. The molecule has 0 aliphatic carbocycles. The summed E-state index contributed by atoms with van der Waals surface area (Å²) in [6.45, 7) is 0. The number of nitrogens with zero attached hydrogens (tertiary/aromatic N) is 1. The third-order valence-corrected chi connectivity index (χ3v) is 4.75. The van der Waals surface area contributed by atoms with Crippen LogP contribution < -0.4 is 0 Å². The number of aromatic nitrogens is 2. The molecule has 1 unspecified atom stereocenters. The van der Waals surface area contributed by atoms with E-state index in [9.17, 15) is 0 Å². The van der Waals surface area contributed by atoms with Crippen LogP contribution in [-0.4, -0.2) is 30.5 Å². The Bertz CT molecular complexity index is 237.